The number of benzene rings is 1. The molecule has 1 saturated carbocycles. The fraction of sp³-hybridized carbons (Fsp3) is 0.381. The van der Waals surface area contributed by atoms with Gasteiger partial charge in [0.05, 0.1) is 11.1 Å². The first-order valence-corrected chi connectivity index (χ1v) is 12.6. The Labute approximate surface area is 184 Å². The molecule has 0 spiro atoms. The monoisotopic (exact) mass is 460 g/mol. The van der Waals surface area contributed by atoms with Gasteiger partial charge in [-0.05, 0) is 37.3 Å². The van der Waals surface area contributed by atoms with Crippen LogP contribution in [0.25, 0.3) is 0 Å². The Balaban J connectivity index is 1.55. The van der Waals surface area contributed by atoms with E-state index in [9.17, 15) is 22.9 Å². The molecule has 31 heavy (non-hydrogen) atoms. The molecule has 1 amide bonds. The number of carbonyl (C=O) groups excluding carboxylic acids is 1. The smallest absolute Gasteiger partial charge is 0.255 e. The number of amides is 1. The van der Waals surface area contributed by atoms with Crippen LogP contribution in [0.15, 0.2) is 40.3 Å². The Kier molecular flexibility index (Phi) is 6.01. The lowest BCUT2D eigenvalue weighted by Gasteiger charge is -2.34. The van der Waals surface area contributed by atoms with Gasteiger partial charge in [0.25, 0.3) is 5.91 Å². The van der Waals surface area contributed by atoms with Crippen molar-refractivity contribution in [3.8, 4) is 6.07 Å². The second-order valence-electron chi connectivity index (χ2n) is 7.49. The molecule has 0 radical (unpaired) electrons. The van der Waals surface area contributed by atoms with Crippen molar-refractivity contribution in [2.45, 2.75) is 28.7 Å². The SMILES string of the molecule is CSc1nc(C2CC2)cc(C(=O)N2CCN(S(=O)(=O)c3ccccc3F)CC2)c1C#N. The number of carbonyl (C=O) groups is 1. The Morgan fingerprint density at radius 3 is 2.48 bits per heavy atom. The second-order valence-corrected chi connectivity index (χ2v) is 10.2. The Hall–Kier alpha value is -2.48. The molecule has 2 heterocycles. The molecule has 1 aromatic carbocycles. The van der Waals surface area contributed by atoms with Gasteiger partial charge in [0.2, 0.25) is 10.0 Å². The van der Waals surface area contributed by atoms with Gasteiger partial charge in [-0.1, -0.05) is 12.1 Å². The van der Waals surface area contributed by atoms with E-state index in [2.05, 4.69) is 11.1 Å². The van der Waals surface area contributed by atoms with Crippen LogP contribution in [0, 0.1) is 17.1 Å². The minimum atomic E-state index is -3.98. The van der Waals surface area contributed by atoms with Gasteiger partial charge < -0.3 is 4.90 Å². The first-order chi connectivity index (χ1) is 14.9. The summed E-state index contributed by atoms with van der Waals surface area (Å²) in [7, 11) is -3.98. The Morgan fingerprint density at radius 1 is 1.23 bits per heavy atom. The van der Waals surface area contributed by atoms with Gasteiger partial charge in [0, 0.05) is 37.8 Å². The number of nitriles is 1. The van der Waals surface area contributed by atoms with Gasteiger partial charge in [-0.15, -0.1) is 11.8 Å². The van der Waals surface area contributed by atoms with Gasteiger partial charge in [-0.2, -0.15) is 9.57 Å². The van der Waals surface area contributed by atoms with Crippen LogP contribution in [0.2, 0.25) is 0 Å². The second kappa shape index (κ2) is 8.57. The van der Waals surface area contributed by atoms with Crippen LogP contribution < -0.4 is 0 Å². The maximum Gasteiger partial charge on any atom is 0.255 e. The van der Waals surface area contributed by atoms with Gasteiger partial charge in [0.1, 0.15) is 21.8 Å². The Morgan fingerprint density at radius 2 is 1.90 bits per heavy atom. The summed E-state index contributed by atoms with van der Waals surface area (Å²) < 4.78 is 40.8. The van der Waals surface area contributed by atoms with Crippen molar-refractivity contribution in [1.29, 1.82) is 5.26 Å². The van der Waals surface area contributed by atoms with Crippen molar-refractivity contribution >= 4 is 27.7 Å². The van der Waals surface area contributed by atoms with Crippen molar-refractivity contribution in [1.82, 2.24) is 14.2 Å². The first kappa shape index (κ1) is 21.7. The molecule has 0 N–H and O–H groups in total. The van der Waals surface area contributed by atoms with Crippen LogP contribution in [-0.2, 0) is 10.0 Å². The topological polar surface area (TPSA) is 94.4 Å². The quantitative estimate of drug-likeness (QED) is 0.637. The van der Waals surface area contributed by atoms with Crippen LogP contribution in [0.3, 0.4) is 0 Å². The molecule has 4 rings (SSSR count). The van der Waals surface area contributed by atoms with E-state index in [1.807, 2.05) is 6.26 Å². The molecule has 2 aromatic rings. The lowest BCUT2D eigenvalue weighted by molar-refractivity contribution is 0.0696. The zero-order valence-corrected chi connectivity index (χ0v) is 18.5. The molecular formula is C21H21FN4O3S2. The highest BCUT2D eigenvalue weighted by Gasteiger charge is 2.34. The van der Waals surface area contributed by atoms with Crippen LogP contribution in [0.1, 0.15) is 40.4 Å². The summed E-state index contributed by atoms with van der Waals surface area (Å²) in [6.07, 6.45) is 3.86. The average molecular weight is 461 g/mol. The van der Waals surface area contributed by atoms with Crippen LogP contribution >= 0.6 is 11.8 Å². The summed E-state index contributed by atoms with van der Waals surface area (Å²) in [5, 5.41) is 10.2. The minimum absolute atomic E-state index is 0.0558. The van der Waals surface area contributed by atoms with Crippen LogP contribution in [0.4, 0.5) is 4.39 Å². The van der Waals surface area contributed by atoms with Crippen molar-refractivity contribution in [3.05, 3.63) is 53.0 Å². The molecule has 10 heteroatoms. The third-order valence-electron chi connectivity index (χ3n) is 5.52. The molecule has 2 fully saturated rings. The number of pyridine rings is 1. The molecule has 1 aromatic heterocycles. The summed E-state index contributed by atoms with van der Waals surface area (Å²) in [6, 6.07) is 9.07. The molecule has 0 unspecified atom stereocenters. The summed E-state index contributed by atoms with van der Waals surface area (Å²) in [5.41, 5.74) is 1.39. The highest BCUT2D eigenvalue weighted by molar-refractivity contribution is 7.98. The predicted molar refractivity (Wildman–Crippen MR) is 114 cm³/mol. The number of nitrogens with zero attached hydrogens (tertiary/aromatic N) is 4. The van der Waals surface area contributed by atoms with Crippen molar-refractivity contribution in [3.63, 3.8) is 0 Å². The first-order valence-electron chi connectivity index (χ1n) is 9.89. The summed E-state index contributed by atoms with van der Waals surface area (Å²) in [5.74, 6) is -0.777. The molecule has 1 saturated heterocycles. The molecule has 0 atom stereocenters. The average Bonchev–Trinajstić information content (AvgIpc) is 3.63. The lowest BCUT2D eigenvalue weighted by Crippen LogP contribution is -2.50. The number of thioether (sulfide) groups is 1. The highest BCUT2D eigenvalue weighted by atomic mass is 32.2. The maximum atomic E-state index is 14.0. The van der Waals surface area contributed by atoms with Crippen LogP contribution in [-0.4, -0.2) is 60.9 Å². The molecule has 1 aliphatic carbocycles. The van der Waals surface area contributed by atoms with E-state index in [1.54, 1.807) is 11.0 Å². The summed E-state index contributed by atoms with van der Waals surface area (Å²) in [4.78, 5) is 19.0. The fourth-order valence-corrected chi connectivity index (χ4v) is 5.69. The Bertz CT molecular complexity index is 1170. The maximum absolute atomic E-state index is 14.0. The van der Waals surface area contributed by atoms with Gasteiger partial charge >= 0.3 is 0 Å². The van der Waals surface area contributed by atoms with Gasteiger partial charge in [-0.25, -0.2) is 17.8 Å². The van der Waals surface area contributed by atoms with E-state index in [4.69, 9.17) is 0 Å². The molecule has 1 aliphatic heterocycles. The number of rotatable bonds is 5. The number of aromatic nitrogens is 1. The highest BCUT2D eigenvalue weighted by Crippen LogP contribution is 2.40. The van der Waals surface area contributed by atoms with Gasteiger partial charge in [-0.3, -0.25) is 4.79 Å². The third-order valence-corrected chi connectivity index (χ3v) is 8.13. The third kappa shape index (κ3) is 4.18. The number of piperazine rings is 1. The van der Waals surface area contributed by atoms with Crippen molar-refractivity contribution in [2.24, 2.45) is 0 Å². The largest absolute Gasteiger partial charge is 0.336 e. The molecular weight excluding hydrogens is 439 g/mol. The van der Waals surface area contributed by atoms with E-state index in [-0.39, 0.29) is 42.5 Å². The number of hydrogen-bond acceptors (Lipinski definition) is 6. The zero-order valence-electron chi connectivity index (χ0n) is 16.9. The summed E-state index contributed by atoms with van der Waals surface area (Å²) in [6.45, 7) is 0.431. The van der Waals surface area contributed by atoms with Crippen molar-refractivity contribution < 1.29 is 17.6 Å². The minimum Gasteiger partial charge on any atom is -0.336 e. The van der Waals surface area contributed by atoms with Gasteiger partial charge in [0.15, 0.2) is 0 Å². The molecule has 2 aliphatic rings. The normalized spacial score (nSPS) is 17.4. The fourth-order valence-electron chi connectivity index (χ4n) is 3.65. The molecule has 7 nitrogen and oxygen atoms in total. The lowest BCUT2D eigenvalue weighted by atomic mass is 10.1. The van der Waals surface area contributed by atoms with E-state index in [1.165, 1.54) is 34.3 Å². The number of halogens is 1. The summed E-state index contributed by atoms with van der Waals surface area (Å²) >= 11 is 1.33. The predicted octanol–water partition coefficient (Wildman–Crippen LogP) is 2.84. The van der Waals surface area contributed by atoms with Crippen molar-refractivity contribution in [2.75, 3.05) is 32.4 Å². The molecule has 162 valence electrons. The molecule has 0 bridgehead atoms. The number of sulfonamides is 1. The van der Waals surface area contributed by atoms with E-state index >= 15 is 0 Å². The van der Waals surface area contributed by atoms with Crippen LogP contribution in [0.5, 0.6) is 0 Å². The van der Waals surface area contributed by atoms with E-state index < -0.39 is 15.8 Å². The van der Waals surface area contributed by atoms with E-state index in [0.29, 0.717) is 16.5 Å². The van der Waals surface area contributed by atoms with E-state index in [0.717, 1.165) is 24.6 Å². The standard InChI is InChI=1S/C21H21FN4O3S2/c1-30-20-16(13-23)15(12-18(24-20)14-6-7-14)21(27)25-8-10-26(11-9-25)31(28,29)19-5-3-2-4-17(19)22/h2-5,12,14H,6-11H2,1H3. The zero-order chi connectivity index (χ0) is 22.2. The number of hydrogen-bond donors (Lipinski definition) is 0.